The molecule has 166 valence electrons. The van der Waals surface area contributed by atoms with Gasteiger partial charge in [0.25, 0.3) is 17.7 Å². The van der Waals surface area contributed by atoms with E-state index in [0.717, 1.165) is 24.1 Å². The lowest BCUT2D eigenvalue weighted by atomic mass is 10.00. The van der Waals surface area contributed by atoms with Crippen molar-refractivity contribution < 1.29 is 19.1 Å². The van der Waals surface area contributed by atoms with Crippen LogP contribution in [0.1, 0.15) is 55.5 Å². The third-order valence-electron chi connectivity index (χ3n) is 6.15. The number of rotatable bonds is 5. The molecule has 0 bridgehead atoms. The molecule has 0 saturated heterocycles. The van der Waals surface area contributed by atoms with E-state index in [9.17, 15) is 14.4 Å². The van der Waals surface area contributed by atoms with Gasteiger partial charge in [-0.1, -0.05) is 36.4 Å². The molecule has 2 heterocycles. The number of para-hydroxylation sites is 1. The first-order valence-electron chi connectivity index (χ1n) is 11.2. The minimum Gasteiger partial charge on any atom is -0.493 e. The summed E-state index contributed by atoms with van der Waals surface area (Å²) in [5.41, 5.74) is 4.02. The van der Waals surface area contributed by atoms with Gasteiger partial charge in [0.05, 0.1) is 29.8 Å². The Hall–Kier alpha value is -3.93. The number of imide groups is 1. The van der Waals surface area contributed by atoms with Crippen LogP contribution in [0.3, 0.4) is 0 Å². The molecule has 3 aromatic carbocycles. The zero-order valence-corrected chi connectivity index (χ0v) is 18.4. The predicted molar refractivity (Wildman–Crippen MR) is 125 cm³/mol. The Labute approximate surface area is 192 Å². The Balaban J connectivity index is 1.47. The van der Waals surface area contributed by atoms with Crippen LogP contribution in [0.15, 0.2) is 66.7 Å². The molecule has 2 aliphatic heterocycles. The molecule has 33 heavy (non-hydrogen) atoms. The van der Waals surface area contributed by atoms with Crippen molar-refractivity contribution in [3.8, 4) is 5.75 Å². The van der Waals surface area contributed by atoms with E-state index in [1.165, 1.54) is 4.90 Å². The van der Waals surface area contributed by atoms with Gasteiger partial charge >= 0.3 is 0 Å². The lowest BCUT2D eigenvalue weighted by molar-refractivity contribution is 0.0642. The van der Waals surface area contributed by atoms with E-state index in [-0.39, 0.29) is 24.3 Å². The number of carbonyl (C=O) groups excluding carboxylic acids is 3. The highest BCUT2D eigenvalue weighted by Gasteiger charge is 2.35. The molecular formula is C27H24N2O4. The lowest BCUT2D eigenvalue weighted by Gasteiger charge is -2.30. The standard InChI is InChI=1S/C27H24N2O4/c1-2-33-24-14-13-18(17-29-25(30)20-10-4-5-11-21(20)26(29)31)16-22(24)27(32)28-15-7-9-19-8-3-6-12-23(19)28/h3-6,8,10-14,16H,2,7,9,15,17H2,1H3. The molecular weight excluding hydrogens is 416 g/mol. The van der Waals surface area contributed by atoms with Crippen molar-refractivity contribution in [2.24, 2.45) is 0 Å². The first-order chi connectivity index (χ1) is 16.1. The predicted octanol–water partition coefficient (Wildman–Crippen LogP) is 4.47. The van der Waals surface area contributed by atoms with Gasteiger partial charge in [-0.3, -0.25) is 19.3 Å². The van der Waals surface area contributed by atoms with Gasteiger partial charge in [0, 0.05) is 12.2 Å². The molecule has 3 aromatic rings. The third kappa shape index (κ3) is 3.67. The van der Waals surface area contributed by atoms with Gasteiger partial charge in [-0.15, -0.1) is 0 Å². The number of ether oxygens (including phenoxy) is 1. The molecule has 0 aliphatic carbocycles. The highest BCUT2D eigenvalue weighted by molar-refractivity contribution is 6.21. The molecule has 3 amide bonds. The van der Waals surface area contributed by atoms with Crippen LogP contribution in [-0.2, 0) is 13.0 Å². The summed E-state index contributed by atoms with van der Waals surface area (Å²) in [7, 11) is 0. The Morgan fingerprint density at radius 1 is 0.939 bits per heavy atom. The van der Waals surface area contributed by atoms with Gasteiger partial charge in [-0.25, -0.2) is 0 Å². The third-order valence-corrected chi connectivity index (χ3v) is 6.15. The minimum atomic E-state index is -0.317. The zero-order chi connectivity index (χ0) is 22.9. The second-order valence-corrected chi connectivity index (χ2v) is 8.19. The number of aryl methyl sites for hydroxylation is 1. The van der Waals surface area contributed by atoms with E-state index >= 15 is 0 Å². The maximum Gasteiger partial charge on any atom is 0.262 e. The molecule has 0 spiro atoms. The van der Waals surface area contributed by atoms with Crippen molar-refractivity contribution in [3.05, 3.63) is 94.5 Å². The number of anilines is 1. The van der Waals surface area contributed by atoms with Crippen molar-refractivity contribution in [3.63, 3.8) is 0 Å². The number of hydrogen-bond donors (Lipinski definition) is 0. The molecule has 0 saturated carbocycles. The molecule has 0 unspecified atom stereocenters. The van der Waals surface area contributed by atoms with Gasteiger partial charge in [-0.2, -0.15) is 0 Å². The van der Waals surface area contributed by atoms with Crippen molar-refractivity contribution in [1.29, 1.82) is 0 Å². The molecule has 6 heteroatoms. The van der Waals surface area contributed by atoms with Crippen LogP contribution in [0.4, 0.5) is 5.69 Å². The average Bonchev–Trinajstić information content (AvgIpc) is 3.09. The van der Waals surface area contributed by atoms with E-state index in [2.05, 4.69) is 6.07 Å². The monoisotopic (exact) mass is 440 g/mol. The average molecular weight is 440 g/mol. The van der Waals surface area contributed by atoms with Crippen molar-refractivity contribution in [1.82, 2.24) is 4.90 Å². The van der Waals surface area contributed by atoms with E-state index < -0.39 is 0 Å². The summed E-state index contributed by atoms with van der Waals surface area (Å²) < 4.78 is 5.76. The summed E-state index contributed by atoms with van der Waals surface area (Å²) >= 11 is 0. The quantitative estimate of drug-likeness (QED) is 0.549. The smallest absolute Gasteiger partial charge is 0.262 e. The first-order valence-corrected chi connectivity index (χ1v) is 11.2. The van der Waals surface area contributed by atoms with Crippen LogP contribution < -0.4 is 9.64 Å². The number of amides is 3. The number of fused-ring (bicyclic) bond motifs is 2. The van der Waals surface area contributed by atoms with Crippen LogP contribution in [-0.4, -0.2) is 35.8 Å². The Kier molecular flexibility index (Phi) is 5.42. The first kappa shape index (κ1) is 20.9. The molecule has 0 aromatic heterocycles. The molecule has 0 fully saturated rings. The maximum atomic E-state index is 13.7. The topological polar surface area (TPSA) is 66.9 Å². The minimum absolute atomic E-state index is 0.0929. The maximum absolute atomic E-state index is 13.7. The van der Waals surface area contributed by atoms with Gasteiger partial charge in [0.15, 0.2) is 0 Å². The van der Waals surface area contributed by atoms with E-state index in [0.29, 0.717) is 41.2 Å². The van der Waals surface area contributed by atoms with Crippen LogP contribution in [0.2, 0.25) is 0 Å². The highest BCUT2D eigenvalue weighted by atomic mass is 16.5. The fourth-order valence-corrected chi connectivity index (χ4v) is 4.58. The Morgan fingerprint density at radius 3 is 2.36 bits per heavy atom. The van der Waals surface area contributed by atoms with Gasteiger partial charge < -0.3 is 9.64 Å². The number of carbonyl (C=O) groups is 3. The van der Waals surface area contributed by atoms with Crippen molar-refractivity contribution >= 4 is 23.4 Å². The fourth-order valence-electron chi connectivity index (χ4n) is 4.58. The van der Waals surface area contributed by atoms with Crippen LogP contribution in [0.25, 0.3) is 0 Å². The summed E-state index contributed by atoms with van der Waals surface area (Å²) in [6, 6.07) is 20.1. The summed E-state index contributed by atoms with van der Waals surface area (Å²) in [5.74, 6) is -0.281. The summed E-state index contributed by atoms with van der Waals surface area (Å²) in [4.78, 5) is 42.3. The number of nitrogens with zero attached hydrogens (tertiary/aromatic N) is 2. The largest absolute Gasteiger partial charge is 0.493 e. The highest BCUT2D eigenvalue weighted by Crippen LogP contribution is 2.32. The molecule has 0 radical (unpaired) electrons. The summed E-state index contributed by atoms with van der Waals surface area (Å²) in [6.45, 7) is 3.02. The molecule has 6 nitrogen and oxygen atoms in total. The number of hydrogen-bond acceptors (Lipinski definition) is 4. The van der Waals surface area contributed by atoms with Gasteiger partial charge in [0.2, 0.25) is 0 Å². The van der Waals surface area contributed by atoms with Crippen molar-refractivity contribution in [2.45, 2.75) is 26.3 Å². The second kappa shape index (κ2) is 8.54. The lowest BCUT2D eigenvalue weighted by Crippen LogP contribution is -2.36. The fraction of sp³-hybridized carbons (Fsp3) is 0.222. The van der Waals surface area contributed by atoms with E-state index in [4.69, 9.17) is 4.74 Å². The normalized spacial score (nSPS) is 14.8. The molecule has 0 atom stereocenters. The SMILES string of the molecule is CCOc1ccc(CN2C(=O)c3ccccc3C2=O)cc1C(=O)N1CCCc2ccccc21. The Bertz CT molecular complexity index is 1230. The molecule has 5 rings (SSSR count). The van der Waals surface area contributed by atoms with Crippen LogP contribution in [0, 0.1) is 0 Å². The van der Waals surface area contributed by atoms with Gasteiger partial charge in [0.1, 0.15) is 5.75 Å². The molecule has 0 N–H and O–H groups in total. The van der Waals surface area contributed by atoms with Crippen LogP contribution >= 0.6 is 0 Å². The summed E-state index contributed by atoms with van der Waals surface area (Å²) in [5, 5.41) is 0. The van der Waals surface area contributed by atoms with E-state index in [1.807, 2.05) is 25.1 Å². The van der Waals surface area contributed by atoms with Crippen LogP contribution in [0.5, 0.6) is 5.75 Å². The zero-order valence-electron chi connectivity index (χ0n) is 18.4. The molecule has 2 aliphatic rings. The number of benzene rings is 3. The van der Waals surface area contributed by atoms with Crippen molar-refractivity contribution in [2.75, 3.05) is 18.1 Å². The Morgan fingerprint density at radius 2 is 1.64 bits per heavy atom. The summed E-state index contributed by atoms with van der Waals surface area (Å²) in [6.07, 6.45) is 1.83. The second-order valence-electron chi connectivity index (χ2n) is 8.19. The van der Waals surface area contributed by atoms with E-state index in [1.54, 1.807) is 47.4 Å². The van der Waals surface area contributed by atoms with Gasteiger partial charge in [-0.05, 0) is 61.2 Å².